The van der Waals surface area contributed by atoms with Gasteiger partial charge in [0.25, 0.3) is 11.8 Å². The van der Waals surface area contributed by atoms with Gasteiger partial charge in [0.1, 0.15) is 11.6 Å². The number of ether oxygens (including phenoxy) is 2. The fraction of sp³-hybridized carbons (Fsp3) is 0.364. The summed E-state index contributed by atoms with van der Waals surface area (Å²) in [6.45, 7) is 2.10. The number of methoxy groups -OCH3 is 1. The minimum atomic E-state index is -0.575. The Hall–Kier alpha value is -4.35. The molecule has 0 spiro atoms. The van der Waals surface area contributed by atoms with Gasteiger partial charge in [-0.3, -0.25) is 14.4 Å². The van der Waals surface area contributed by atoms with Gasteiger partial charge < -0.3 is 35.8 Å². The normalized spacial score (nSPS) is 14.5. The fourth-order valence-electron chi connectivity index (χ4n) is 4.95. The van der Waals surface area contributed by atoms with Crippen molar-refractivity contribution in [2.24, 2.45) is 5.73 Å². The summed E-state index contributed by atoms with van der Waals surface area (Å²) in [7, 11) is 1.52. The summed E-state index contributed by atoms with van der Waals surface area (Å²) in [6, 6.07) is 13.8. The highest BCUT2D eigenvalue weighted by molar-refractivity contribution is 5.96. The second kappa shape index (κ2) is 17.2. The van der Waals surface area contributed by atoms with Gasteiger partial charge in [-0.2, -0.15) is 0 Å². The molecule has 0 unspecified atom stereocenters. The summed E-state index contributed by atoms with van der Waals surface area (Å²) in [5, 5.41) is 16.2. The maximum absolute atomic E-state index is 14.8. The number of carbonyl (C=O) groups excluding carboxylic acids is 3. The van der Waals surface area contributed by atoms with Crippen LogP contribution in [0.2, 0.25) is 0 Å². The van der Waals surface area contributed by atoms with Crippen LogP contribution in [0, 0.1) is 5.82 Å². The molecular weight excluding hydrogens is 603 g/mol. The zero-order valence-corrected chi connectivity index (χ0v) is 26.1. The molecule has 4 rings (SSSR count). The number of phenols is 1. The lowest BCUT2D eigenvalue weighted by Gasteiger charge is -2.23. The summed E-state index contributed by atoms with van der Waals surface area (Å²) in [6.07, 6.45) is 2.20. The van der Waals surface area contributed by atoms with E-state index < -0.39 is 11.7 Å². The van der Waals surface area contributed by atoms with E-state index in [1.54, 1.807) is 35.2 Å². The average Bonchev–Trinajstić information content (AvgIpc) is 3.02. The second-order valence-corrected chi connectivity index (χ2v) is 10.5. The van der Waals surface area contributed by atoms with Gasteiger partial charge >= 0.3 is 0 Å². The molecule has 242 valence electrons. The number of phenolic OH excluding ortho intramolecular Hbond substituents is 1. The van der Waals surface area contributed by atoms with Crippen molar-refractivity contribution in [3.63, 3.8) is 0 Å². The molecule has 45 heavy (non-hydrogen) atoms. The molecule has 1 aliphatic heterocycles. The number of benzene rings is 3. The molecule has 5 N–H and O–H groups in total. The predicted octanol–water partition coefficient (Wildman–Crippen LogP) is 4.07. The van der Waals surface area contributed by atoms with Crippen LogP contribution in [0.5, 0.6) is 17.2 Å². The lowest BCUT2D eigenvalue weighted by Crippen LogP contribution is -2.36. The Balaban J connectivity index is 0.00000552. The standard InChI is InChI=1S/C33H39FN4O6.ClH/c1-43-29-11-8-24(21-30(29)44-18-3-13-35)33(42)38-16-2-5-31(40)36-15-12-22-6-10-28(39)26(19-22)25-20-23(7-9-27(25)34)32(41)37-14-4-17-38;/h6-11,19-21,39H,2-5,12-18,35H2,1H3,(H,36,40)(H,37,41);1H. The molecule has 4 bridgehead atoms. The number of amides is 3. The monoisotopic (exact) mass is 642 g/mol. The highest BCUT2D eigenvalue weighted by Gasteiger charge is 2.20. The summed E-state index contributed by atoms with van der Waals surface area (Å²) in [5.41, 5.74) is 7.37. The number of hydrogen-bond acceptors (Lipinski definition) is 7. The molecule has 0 saturated heterocycles. The number of fused-ring (bicyclic) bond motifs is 5. The Bertz CT molecular complexity index is 1490. The van der Waals surface area contributed by atoms with Gasteiger partial charge in [-0.05, 0) is 86.3 Å². The van der Waals surface area contributed by atoms with Crippen LogP contribution in [0.1, 0.15) is 52.0 Å². The number of nitrogens with two attached hydrogens (primary N) is 1. The number of aromatic hydroxyl groups is 1. The molecule has 12 heteroatoms. The zero-order valence-electron chi connectivity index (χ0n) is 25.3. The first-order valence-corrected chi connectivity index (χ1v) is 14.8. The molecule has 0 fully saturated rings. The summed E-state index contributed by atoms with van der Waals surface area (Å²) < 4.78 is 26.0. The Kier molecular flexibility index (Phi) is 13.4. The third kappa shape index (κ3) is 9.57. The largest absolute Gasteiger partial charge is 0.507 e. The number of nitrogens with zero attached hydrogens (tertiary/aromatic N) is 1. The first kappa shape index (κ1) is 35.1. The third-order valence-electron chi connectivity index (χ3n) is 7.34. The van der Waals surface area contributed by atoms with Crippen LogP contribution in [-0.2, 0) is 11.2 Å². The summed E-state index contributed by atoms with van der Waals surface area (Å²) in [5.74, 6) is -0.546. The van der Waals surface area contributed by atoms with Crippen molar-refractivity contribution < 1.29 is 33.4 Å². The molecular formula is C33H40ClFN4O6. The Morgan fingerprint density at radius 3 is 2.53 bits per heavy atom. The van der Waals surface area contributed by atoms with Crippen LogP contribution in [0.3, 0.4) is 0 Å². The Morgan fingerprint density at radius 2 is 1.76 bits per heavy atom. The first-order valence-electron chi connectivity index (χ1n) is 14.8. The maximum Gasteiger partial charge on any atom is 0.253 e. The minimum Gasteiger partial charge on any atom is -0.507 e. The molecule has 0 atom stereocenters. The van der Waals surface area contributed by atoms with Crippen LogP contribution in [0.15, 0.2) is 54.6 Å². The Morgan fingerprint density at radius 1 is 0.956 bits per heavy atom. The molecule has 1 aliphatic rings. The van der Waals surface area contributed by atoms with Crippen LogP contribution in [0.4, 0.5) is 4.39 Å². The number of carbonyl (C=O) groups is 3. The van der Waals surface area contributed by atoms with E-state index in [4.69, 9.17) is 15.2 Å². The van der Waals surface area contributed by atoms with Gasteiger partial charge in [0, 0.05) is 54.9 Å². The maximum atomic E-state index is 14.8. The highest BCUT2D eigenvalue weighted by atomic mass is 35.5. The van der Waals surface area contributed by atoms with Crippen molar-refractivity contribution in [3.8, 4) is 28.4 Å². The third-order valence-corrected chi connectivity index (χ3v) is 7.34. The van der Waals surface area contributed by atoms with Crippen LogP contribution in [-0.4, -0.2) is 74.2 Å². The SMILES string of the molecule is COc1ccc(C(=O)N2CCCNC(=O)c3ccc(F)c(c3)-c3cc(ccc3O)CCNC(=O)CCC2)cc1OCCCN.Cl. The molecule has 0 radical (unpaired) electrons. The van der Waals surface area contributed by atoms with Gasteiger partial charge in [-0.15, -0.1) is 12.4 Å². The molecule has 1 heterocycles. The van der Waals surface area contributed by atoms with Gasteiger partial charge in [-0.1, -0.05) is 6.07 Å². The number of nitrogens with one attached hydrogen (secondary N) is 2. The number of halogens is 2. The van der Waals surface area contributed by atoms with Crippen molar-refractivity contribution >= 4 is 30.1 Å². The van der Waals surface area contributed by atoms with E-state index in [2.05, 4.69) is 10.6 Å². The van der Waals surface area contributed by atoms with E-state index >= 15 is 0 Å². The first-order chi connectivity index (χ1) is 21.3. The van der Waals surface area contributed by atoms with Crippen LogP contribution >= 0.6 is 12.4 Å². The topological polar surface area (TPSA) is 143 Å². The van der Waals surface area contributed by atoms with Crippen LogP contribution in [0.25, 0.3) is 11.1 Å². The van der Waals surface area contributed by atoms with E-state index in [1.165, 1.54) is 31.4 Å². The fourth-order valence-corrected chi connectivity index (χ4v) is 4.95. The molecule has 0 saturated carbocycles. The quantitative estimate of drug-likeness (QED) is 0.297. The number of hydrogen-bond donors (Lipinski definition) is 4. The lowest BCUT2D eigenvalue weighted by molar-refractivity contribution is -0.121. The van der Waals surface area contributed by atoms with Crippen molar-refractivity contribution in [3.05, 3.63) is 77.1 Å². The predicted molar refractivity (Wildman–Crippen MR) is 172 cm³/mol. The molecule has 3 amide bonds. The summed E-state index contributed by atoms with van der Waals surface area (Å²) >= 11 is 0. The van der Waals surface area contributed by atoms with Crippen molar-refractivity contribution in [1.82, 2.24) is 15.5 Å². The van der Waals surface area contributed by atoms with Gasteiger partial charge in [0.15, 0.2) is 11.5 Å². The molecule has 0 aliphatic carbocycles. The number of rotatable bonds is 6. The van der Waals surface area contributed by atoms with E-state index in [9.17, 15) is 23.9 Å². The average molecular weight is 643 g/mol. The van der Waals surface area contributed by atoms with E-state index in [-0.39, 0.29) is 59.6 Å². The van der Waals surface area contributed by atoms with Crippen molar-refractivity contribution in [1.29, 1.82) is 0 Å². The van der Waals surface area contributed by atoms with Gasteiger partial charge in [0.05, 0.1) is 13.7 Å². The van der Waals surface area contributed by atoms with E-state index in [0.29, 0.717) is 75.5 Å². The molecule has 3 aromatic rings. The van der Waals surface area contributed by atoms with Crippen LogP contribution < -0.4 is 25.8 Å². The molecule has 0 aromatic heterocycles. The van der Waals surface area contributed by atoms with E-state index in [1.807, 2.05) is 0 Å². The lowest BCUT2D eigenvalue weighted by atomic mass is 9.98. The molecule has 10 nitrogen and oxygen atoms in total. The van der Waals surface area contributed by atoms with Crippen molar-refractivity contribution in [2.75, 3.05) is 46.4 Å². The highest BCUT2D eigenvalue weighted by Crippen LogP contribution is 2.33. The van der Waals surface area contributed by atoms with Gasteiger partial charge in [-0.25, -0.2) is 4.39 Å². The minimum absolute atomic E-state index is 0. The smallest absolute Gasteiger partial charge is 0.253 e. The zero-order chi connectivity index (χ0) is 31.5. The van der Waals surface area contributed by atoms with E-state index in [0.717, 1.165) is 5.56 Å². The molecule has 3 aromatic carbocycles. The van der Waals surface area contributed by atoms with Crippen molar-refractivity contribution in [2.45, 2.75) is 32.1 Å². The second-order valence-electron chi connectivity index (χ2n) is 10.5. The van der Waals surface area contributed by atoms with Gasteiger partial charge in [0.2, 0.25) is 5.91 Å². The summed E-state index contributed by atoms with van der Waals surface area (Å²) in [4.78, 5) is 40.8. The Labute approximate surface area is 268 Å².